The van der Waals surface area contributed by atoms with Crippen LogP contribution in [0.2, 0.25) is 0 Å². The molecule has 0 aromatic rings. The lowest BCUT2D eigenvalue weighted by molar-refractivity contribution is -0.202. The Morgan fingerprint density at radius 1 is 1.00 bits per heavy atom. The molecule has 0 heterocycles. The van der Waals surface area contributed by atoms with Crippen LogP contribution in [0, 0.1) is 0 Å². The van der Waals surface area contributed by atoms with Crippen molar-refractivity contribution in [2.24, 2.45) is 0 Å². The molecule has 0 saturated carbocycles. The molecule has 14 heavy (non-hydrogen) atoms. The van der Waals surface area contributed by atoms with Gasteiger partial charge in [-0.1, -0.05) is 0 Å². The topological polar surface area (TPSA) is 29.1 Å². The Morgan fingerprint density at radius 3 is 1.57 bits per heavy atom. The second-order valence-electron chi connectivity index (χ2n) is 2.02. The fourth-order valence-electron chi connectivity index (χ4n) is 0.336. The number of halogens is 8. The Labute approximate surface area is 80.6 Å². The molecule has 1 amide bonds. The van der Waals surface area contributed by atoms with E-state index in [-0.39, 0.29) is 5.32 Å². The Hall–Kier alpha value is -0.540. The zero-order chi connectivity index (χ0) is 11.8. The molecule has 0 saturated heterocycles. The quantitative estimate of drug-likeness (QED) is 0.472. The molecule has 0 spiro atoms. The summed E-state index contributed by atoms with van der Waals surface area (Å²) in [7, 11) is 0. The fourth-order valence-corrected chi connectivity index (χ4v) is 0.516. The lowest BCUT2D eigenvalue weighted by Gasteiger charge is -2.20. The van der Waals surface area contributed by atoms with E-state index in [0.717, 1.165) is 15.9 Å². The second kappa shape index (κ2) is 3.55. The van der Waals surface area contributed by atoms with Gasteiger partial charge in [-0.25, -0.2) is 0 Å². The number of rotatable bonds is 2. The molecular weight excluding hydrogens is 291 g/mol. The van der Waals surface area contributed by atoms with Gasteiger partial charge < -0.3 is 0 Å². The molecule has 0 bridgehead atoms. The minimum absolute atomic E-state index is 0.233. The number of hydrogen-bond donors (Lipinski definition) is 1. The first-order chi connectivity index (χ1) is 5.88. The summed E-state index contributed by atoms with van der Waals surface area (Å²) in [6.45, 7) is 0. The van der Waals surface area contributed by atoms with E-state index >= 15 is 0 Å². The van der Waals surface area contributed by atoms with Crippen LogP contribution in [0.1, 0.15) is 0 Å². The molecule has 0 aliphatic carbocycles. The standard InChI is InChI=1S/C4HBrF7NO/c5-3(8,9)2(6,7)1(14)13-4(10,11)12/h(H,13,14). The van der Waals surface area contributed by atoms with Crippen molar-refractivity contribution in [1.29, 1.82) is 0 Å². The largest absolute Gasteiger partial charge is 0.484 e. The third-order valence-corrected chi connectivity index (χ3v) is 1.39. The summed E-state index contributed by atoms with van der Waals surface area (Å²) in [6, 6.07) is 0. The first kappa shape index (κ1) is 13.5. The molecule has 10 heteroatoms. The van der Waals surface area contributed by atoms with Gasteiger partial charge in [-0.2, -0.15) is 30.7 Å². The molecular formula is C4HBrF7NO. The van der Waals surface area contributed by atoms with Gasteiger partial charge in [0.2, 0.25) is 0 Å². The van der Waals surface area contributed by atoms with Crippen molar-refractivity contribution < 1.29 is 35.5 Å². The van der Waals surface area contributed by atoms with Crippen LogP contribution in [-0.4, -0.2) is 23.0 Å². The number of alkyl halides is 8. The molecule has 0 aromatic heterocycles. The van der Waals surface area contributed by atoms with Gasteiger partial charge >= 0.3 is 23.0 Å². The van der Waals surface area contributed by atoms with Crippen LogP contribution in [-0.2, 0) is 4.79 Å². The predicted molar refractivity (Wildman–Crippen MR) is 33.0 cm³/mol. The van der Waals surface area contributed by atoms with E-state index in [1.54, 1.807) is 0 Å². The van der Waals surface area contributed by atoms with E-state index in [1.165, 1.54) is 0 Å². The summed E-state index contributed by atoms with van der Waals surface area (Å²) in [5.74, 6) is -8.62. The van der Waals surface area contributed by atoms with Gasteiger partial charge in [0, 0.05) is 0 Å². The van der Waals surface area contributed by atoms with Crippen molar-refractivity contribution in [2.75, 3.05) is 0 Å². The maximum Gasteiger partial charge on any atom is 0.484 e. The van der Waals surface area contributed by atoms with Crippen molar-refractivity contribution in [3.05, 3.63) is 0 Å². The summed E-state index contributed by atoms with van der Waals surface area (Å²) >= 11 is 1.10. The Kier molecular flexibility index (Phi) is 3.42. The number of carbonyl (C=O) groups is 1. The first-order valence-corrected chi connectivity index (χ1v) is 3.51. The van der Waals surface area contributed by atoms with Crippen molar-refractivity contribution in [1.82, 2.24) is 5.32 Å². The Morgan fingerprint density at radius 2 is 1.36 bits per heavy atom. The number of amides is 1. The highest BCUT2D eigenvalue weighted by Crippen LogP contribution is 2.39. The fraction of sp³-hybridized carbons (Fsp3) is 0.750. The molecule has 0 radical (unpaired) electrons. The molecule has 0 aliphatic heterocycles. The SMILES string of the molecule is O=C(NC(F)(F)F)C(F)(F)C(F)(F)Br. The van der Waals surface area contributed by atoms with E-state index in [0.29, 0.717) is 0 Å². The number of nitrogens with one attached hydrogen (secondary N) is 1. The third-order valence-electron chi connectivity index (χ3n) is 0.896. The smallest absolute Gasteiger partial charge is 0.267 e. The van der Waals surface area contributed by atoms with Crippen LogP contribution in [0.5, 0.6) is 0 Å². The molecule has 2 nitrogen and oxygen atoms in total. The monoisotopic (exact) mass is 291 g/mol. The summed E-state index contributed by atoms with van der Waals surface area (Å²) in [5.41, 5.74) is 0. The van der Waals surface area contributed by atoms with E-state index in [2.05, 4.69) is 0 Å². The van der Waals surface area contributed by atoms with Crippen LogP contribution in [0.15, 0.2) is 0 Å². The van der Waals surface area contributed by atoms with Crippen LogP contribution >= 0.6 is 15.9 Å². The Bertz CT molecular complexity index is 231. The zero-order valence-electron chi connectivity index (χ0n) is 5.93. The van der Waals surface area contributed by atoms with Gasteiger partial charge in [-0.05, 0) is 15.9 Å². The molecule has 0 rings (SSSR count). The minimum atomic E-state index is -5.49. The highest BCUT2D eigenvalue weighted by Gasteiger charge is 2.62. The number of carbonyl (C=O) groups excluding carboxylic acids is 1. The van der Waals surface area contributed by atoms with Gasteiger partial charge in [0.1, 0.15) is 0 Å². The molecule has 0 fully saturated rings. The molecule has 0 aromatic carbocycles. The van der Waals surface area contributed by atoms with Crippen LogP contribution < -0.4 is 5.32 Å². The maximum atomic E-state index is 12.1. The molecule has 0 aliphatic rings. The van der Waals surface area contributed by atoms with Crippen molar-refractivity contribution >= 4 is 21.8 Å². The van der Waals surface area contributed by atoms with E-state index in [9.17, 15) is 35.5 Å². The minimum Gasteiger partial charge on any atom is -0.267 e. The van der Waals surface area contributed by atoms with E-state index in [4.69, 9.17) is 0 Å². The highest BCUT2D eigenvalue weighted by atomic mass is 79.9. The van der Waals surface area contributed by atoms with Gasteiger partial charge in [-0.3, -0.25) is 10.1 Å². The van der Waals surface area contributed by atoms with E-state index < -0.39 is 23.0 Å². The second-order valence-corrected chi connectivity index (χ2v) is 3.02. The average molecular weight is 292 g/mol. The third kappa shape index (κ3) is 3.31. The van der Waals surface area contributed by atoms with Gasteiger partial charge in [0.05, 0.1) is 0 Å². The van der Waals surface area contributed by atoms with E-state index in [1.807, 2.05) is 0 Å². The van der Waals surface area contributed by atoms with Gasteiger partial charge in [-0.15, -0.1) is 0 Å². The summed E-state index contributed by atoms with van der Waals surface area (Å²) in [6.07, 6.45) is -5.49. The highest BCUT2D eigenvalue weighted by molar-refractivity contribution is 9.10. The van der Waals surface area contributed by atoms with Gasteiger partial charge in [0.15, 0.2) is 0 Å². The molecule has 0 atom stereocenters. The summed E-state index contributed by atoms with van der Waals surface area (Å²) < 4.78 is 81.9. The first-order valence-electron chi connectivity index (χ1n) is 2.72. The maximum absolute atomic E-state index is 12.1. The number of hydrogen-bond acceptors (Lipinski definition) is 1. The van der Waals surface area contributed by atoms with Crippen LogP contribution in [0.3, 0.4) is 0 Å². The van der Waals surface area contributed by atoms with Crippen LogP contribution in [0.25, 0.3) is 0 Å². The summed E-state index contributed by atoms with van der Waals surface area (Å²) in [5, 5.41) is -0.233. The lowest BCUT2D eigenvalue weighted by atomic mass is 10.3. The summed E-state index contributed by atoms with van der Waals surface area (Å²) in [4.78, 5) is 4.99. The predicted octanol–water partition coefficient (Wildman–Crippen LogP) is 2.25. The molecule has 84 valence electrons. The van der Waals surface area contributed by atoms with Gasteiger partial charge in [0.25, 0.3) is 0 Å². The average Bonchev–Trinajstić information content (AvgIpc) is 1.80. The van der Waals surface area contributed by atoms with Crippen molar-refractivity contribution in [3.63, 3.8) is 0 Å². The Balaban J connectivity index is 4.70. The molecule has 1 N–H and O–H groups in total. The van der Waals surface area contributed by atoms with Crippen molar-refractivity contribution in [2.45, 2.75) is 17.1 Å². The zero-order valence-corrected chi connectivity index (χ0v) is 7.52. The van der Waals surface area contributed by atoms with Crippen LogP contribution in [0.4, 0.5) is 30.7 Å². The molecule has 0 unspecified atom stereocenters. The normalized spacial score (nSPS) is 14.0. The van der Waals surface area contributed by atoms with Crippen molar-refractivity contribution in [3.8, 4) is 0 Å². The lowest BCUT2D eigenvalue weighted by Crippen LogP contribution is -2.53.